The van der Waals surface area contributed by atoms with Crippen LogP contribution in [0.2, 0.25) is 0 Å². The smallest absolute Gasteiger partial charge is 0.123 e. The monoisotopic (exact) mass is 265 g/mol. The molecule has 0 spiro atoms. The quantitative estimate of drug-likeness (QED) is 0.872. The zero-order valence-corrected chi connectivity index (χ0v) is 11.4. The van der Waals surface area contributed by atoms with Crippen LogP contribution in [0.15, 0.2) is 24.3 Å². The molecule has 1 saturated heterocycles. The summed E-state index contributed by atoms with van der Waals surface area (Å²) in [5.74, 6) is 4.08. The van der Waals surface area contributed by atoms with Crippen LogP contribution in [0.4, 0.5) is 4.39 Å². The zero-order valence-electron chi connectivity index (χ0n) is 10.6. The second-order valence-corrected chi connectivity index (χ2v) is 6.65. The summed E-state index contributed by atoms with van der Waals surface area (Å²) < 4.78 is 13.0. The van der Waals surface area contributed by atoms with E-state index in [0.717, 1.165) is 18.4 Å². The van der Waals surface area contributed by atoms with E-state index >= 15 is 0 Å². The van der Waals surface area contributed by atoms with Crippen molar-refractivity contribution in [1.82, 2.24) is 5.32 Å². The lowest BCUT2D eigenvalue weighted by molar-refractivity contribution is 0.427. The molecule has 0 amide bonds. The summed E-state index contributed by atoms with van der Waals surface area (Å²) in [6, 6.07) is 7.48. The van der Waals surface area contributed by atoms with E-state index in [1.165, 1.54) is 36.3 Å². The van der Waals surface area contributed by atoms with Crippen molar-refractivity contribution >= 4 is 11.8 Å². The second-order valence-electron chi connectivity index (χ2n) is 5.50. The molecule has 1 aromatic carbocycles. The minimum atomic E-state index is -0.138. The summed E-state index contributed by atoms with van der Waals surface area (Å²) >= 11 is 2.07. The molecule has 1 aromatic rings. The first-order chi connectivity index (χ1) is 8.83. The largest absolute Gasteiger partial charge is 0.309 e. The van der Waals surface area contributed by atoms with Gasteiger partial charge in [0.25, 0.3) is 0 Å². The zero-order chi connectivity index (χ0) is 12.4. The van der Waals surface area contributed by atoms with Crippen molar-refractivity contribution < 1.29 is 4.39 Å². The average molecular weight is 265 g/mol. The highest BCUT2D eigenvalue weighted by molar-refractivity contribution is 7.99. The molecule has 3 rings (SSSR count). The molecule has 2 fully saturated rings. The van der Waals surface area contributed by atoms with Gasteiger partial charge in [-0.3, -0.25) is 0 Å². The minimum Gasteiger partial charge on any atom is -0.309 e. The summed E-state index contributed by atoms with van der Waals surface area (Å²) in [6.45, 7) is 1.12. The van der Waals surface area contributed by atoms with E-state index in [-0.39, 0.29) is 5.82 Å². The van der Waals surface area contributed by atoms with Crippen molar-refractivity contribution in [2.45, 2.75) is 25.3 Å². The average Bonchev–Trinajstić information content (AvgIpc) is 3.08. The van der Waals surface area contributed by atoms with Gasteiger partial charge in [-0.25, -0.2) is 4.39 Å². The van der Waals surface area contributed by atoms with Crippen molar-refractivity contribution in [3.63, 3.8) is 0 Å². The molecule has 0 bridgehead atoms. The molecule has 98 valence electrons. The first-order valence-electron chi connectivity index (χ1n) is 6.89. The number of nitrogens with one attached hydrogen (secondary N) is 1. The van der Waals surface area contributed by atoms with Crippen LogP contribution in [0.25, 0.3) is 0 Å². The molecular formula is C15H20FNS. The number of halogens is 1. The van der Waals surface area contributed by atoms with Gasteiger partial charge in [-0.1, -0.05) is 12.1 Å². The molecule has 1 aliphatic heterocycles. The van der Waals surface area contributed by atoms with Crippen LogP contribution in [0.3, 0.4) is 0 Å². The summed E-state index contributed by atoms with van der Waals surface area (Å²) in [4.78, 5) is 0. The lowest BCUT2D eigenvalue weighted by atomic mass is 10.0. The summed E-state index contributed by atoms with van der Waals surface area (Å²) in [7, 11) is 0. The molecule has 18 heavy (non-hydrogen) atoms. The van der Waals surface area contributed by atoms with Crippen LogP contribution in [0.1, 0.15) is 30.9 Å². The van der Waals surface area contributed by atoms with Gasteiger partial charge in [0.05, 0.1) is 0 Å². The first kappa shape index (κ1) is 12.5. The highest BCUT2D eigenvalue weighted by Crippen LogP contribution is 2.41. The van der Waals surface area contributed by atoms with E-state index in [0.29, 0.717) is 6.04 Å². The fraction of sp³-hybridized carbons (Fsp3) is 0.600. The Labute approximate surface area is 113 Å². The van der Waals surface area contributed by atoms with Crippen molar-refractivity contribution in [3.8, 4) is 0 Å². The van der Waals surface area contributed by atoms with Gasteiger partial charge < -0.3 is 5.32 Å². The minimum absolute atomic E-state index is 0.138. The lowest BCUT2D eigenvalue weighted by Crippen LogP contribution is -2.28. The van der Waals surface area contributed by atoms with Crippen LogP contribution in [-0.2, 0) is 0 Å². The van der Waals surface area contributed by atoms with Crippen LogP contribution >= 0.6 is 11.8 Å². The van der Waals surface area contributed by atoms with Crippen LogP contribution in [0, 0.1) is 17.7 Å². The number of thioether (sulfide) groups is 1. The Kier molecular flexibility index (Phi) is 3.90. The number of hydrogen-bond donors (Lipinski definition) is 1. The molecule has 1 N–H and O–H groups in total. The highest BCUT2D eigenvalue weighted by Gasteiger charge is 2.32. The van der Waals surface area contributed by atoms with Crippen molar-refractivity contribution in [1.29, 1.82) is 0 Å². The standard InChI is InChI=1S/C15H20FNS/c16-14-5-3-13(4-6-14)15(12-1-2-12)17-9-11-7-8-18-10-11/h3-6,11-12,15,17H,1-2,7-10H2. The fourth-order valence-electron chi connectivity index (χ4n) is 2.69. The third kappa shape index (κ3) is 3.07. The molecular weight excluding hydrogens is 245 g/mol. The normalized spacial score (nSPS) is 25.3. The summed E-state index contributed by atoms with van der Waals surface area (Å²) in [5.41, 5.74) is 1.25. The number of hydrogen-bond acceptors (Lipinski definition) is 2. The Balaban J connectivity index is 1.62. The van der Waals surface area contributed by atoms with Gasteiger partial charge in [-0.05, 0) is 66.8 Å². The number of rotatable bonds is 5. The van der Waals surface area contributed by atoms with Gasteiger partial charge in [0.2, 0.25) is 0 Å². The van der Waals surface area contributed by atoms with Gasteiger partial charge in [0.1, 0.15) is 5.82 Å². The molecule has 0 aromatic heterocycles. The maximum atomic E-state index is 13.0. The maximum absolute atomic E-state index is 13.0. The molecule has 0 radical (unpaired) electrons. The topological polar surface area (TPSA) is 12.0 Å². The highest BCUT2D eigenvalue weighted by atomic mass is 32.2. The lowest BCUT2D eigenvalue weighted by Gasteiger charge is -2.21. The Bertz CT molecular complexity index is 382. The number of benzene rings is 1. The summed E-state index contributed by atoms with van der Waals surface area (Å²) in [6.07, 6.45) is 3.97. The van der Waals surface area contributed by atoms with E-state index in [2.05, 4.69) is 17.1 Å². The Hall–Kier alpha value is -0.540. The van der Waals surface area contributed by atoms with E-state index < -0.39 is 0 Å². The molecule has 2 aliphatic rings. The first-order valence-corrected chi connectivity index (χ1v) is 8.05. The van der Waals surface area contributed by atoms with Crippen LogP contribution in [0.5, 0.6) is 0 Å². The van der Waals surface area contributed by atoms with Crippen molar-refractivity contribution in [2.24, 2.45) is 11.8 Å². The summed E-state index contributed by atoms with van der Waals surface area (Å²) in [5, 5.41) is 3.72. The van der Waals surface area contributed by atoms with Gasteiger partial charge >= 0.3 is 0 Å². The SMILES string of the molecule is Fc1ccc(C(NCC2CCSC2)C2CC2)cc1. The Morgan fingerprint density at radius 1 is 1.22 bits per heavy atom. The molecule has 3 heteroatoms. The molecule has 2 atom stereocenters. The predicted molar refractivity (Wildman–Crippen MR) is 75.3 cm³/mol. The van der Waals surface area contributed by atoms with Crippen LogP contribution < -0.4 is 5.32 Å². The van der Waals surface area contributed by atoms with Gasteiger partial charge in [-0.15, -0.1) is 0 Å². The van der Waals surface area contributed by atoms with Gasteiger partial charge in [0.15, 0.2) is 0 Å². The third-order valence-electron chi connectivity index (χ3n) is 3.97. The van der Waals surface area contributed by atoms with Crippen molar-refractivity contribution in [2.75, 3.05) is 18.1 Å². The third-order valence-corrected chi connectivity index (χ3v) is 5.20. The second kappa shape index (κ2) is 5.62. The fourth-order valence-corrected chi connectivity index (χ4v) is 3.98. The van der Waals surface area contributed by atoms with E-state index in [1.807, 2.05) is 12.1 Å². The Morgan fingerprint density at radius 2 is 2.00 bits per heavy atom. The predicted octanol–water partition coefficient (Wildman–Crippen LogP) is 3.62. The molecule has 1 saturated carbocycles. The molecule has 2 unspecified atom stereocenters. The molecule has 1 heterocycles. The van der Waals surface area contributed by atoms with E-state index in [4.69, 9.17) is 0 Å². The molecule has 1 aliphatic carbocycles. The van der Waals surface area contributed by atoms with Crippen LogP contribution in [-0.4, -0.2) is 18.1 Å². The van der Waals surface area contributed by atoms with Gasteiger partial charge in [-0.2, -0.15) is 11.8 Å². The van der Waals surface area contributed by atoms with Crippen molar-refractivity contribution in [3.05, 3.63) is 35.6 Å². The van der Waals surface area contributed by atoms with E-state index in [1.54, 1.807) is 12.1 Å². The van der Waals surface area contributed by atoms with E-state index in [9.17, 15) is 4.39 Å². The Morgan fingerprint density at radius 3 is 2.61 bits per heavy atom. The van der Waals surface area contributed by atoms with Gasteiger partial charge in [0, 0.05) is 6.04 Å². The molecule has 1 nitrogen and oxygen atoms in total. The maximum Gasteiger partial charge on any atom is 0.123 e.